The first-order valence-electron chi connectivity index (χ1n) is 9.67. The van der Waals surface area contributed by atoms with Crippen LogP contribution in [-0.2, 0) is 13.6 Å². The van der Waals surface area contributed by atoms with Gasteiger partial charge in [0.2, 0.25) is 0 Å². The van der Waals surface area contributed by atoms with Gasteiger partial charge in [-0.2, -0.15) is 0 Å². The van der Waals surface area contributed by atoms with Crippen LogP contribution in [0, 0.1) is 0 Å². The Labute approximate surface area is 159 Å². The fourth-order valence-electron chi connectivity index (χ4n) is 3.74. The lowest BCUT2D eigenvalue weighted by atomic mass is 10.1. The molecule has 1 aromatic heterocycles. The summed E-state index contributed by atoms with van der Waals surface area (Å²) in [6, 6.07) is 12.0. The van der Waals surface area contributed by atoms with Crippen LogP contribution in [0.15, 0.2) is 42.6 Å². The molecule has 2 aromatic rings. The highest BCUT2D eigenvalue weighted by atomic mass is 16.2. The molecule has 1 unspecified atom stereocenters. The van der Waals surface area contributed by atoms with Gasteiger partial charge in [0.25, 0.3) is 5.91 Å². The summed E-state index contributed by atoms with van der Waals surface area (Å²) in [5.41, 5.74) is 2.75. The van der Waals surface area contributed by atoms with Gasteiger partial charge in [0, 0.05) is 43.6 Å². The van der Waals surface area contributed by atoms with Crippen LogP contribution >= 0.6 is 0 Å². The highest BCUT2D eigenvalue weighted by Gasteiger charge is 2.31. The number of nitrogens with zero attached hydrogens (tertiary/aromatic N) is 2. The van der Waals surface area contributed by atoms with Gasteiger partial charge in [-0.05, 0) is 55.5 Å². The predicted molar refractivity (Wildman–Crippen MR) is 103 cm³/mol. The van der Waals surface area contributed by atoms with Crippen LogP contribution in [-0.4, -0.2) is 34.0 Å². The maximum Gasteiger partial charge on any atom is 0.318 e. The average Bonchev–Trinajstić information content (AvgIpc) is 3.17. The lowest BCUT2D eigenvalue weighted by Crippen LogP contribution is -2.39. The van der Waals surface area contributed by atoms with E-state index in [9.17, 15) is 9.59 Å². The van der Waals surface area contributed by atoms with Gasteiger partial charge in [-0.25, -0.2) is 4.79 Å². The number of rotatable bonds is 5. The maximum atomic E-state index is 12.7. The summed E-state index contributed by atoms with van der Waals surface area (Å²) in [6.07, 6.45) is 6.16. The van der Waals surface area contributed by atoms with Crippen LogP contribution < -0.4 is 10.6 Å². The average molecular weight is 366 g/mol. The van der Waals surface area contributed by atoms with Crippen LogP contribution in [0.5, 0.6) is 0 Å². The second-order valence-electron chi connectivity index (χ2n) is 7.50. The number of carbonyl (C=O) groups is 2. The van der Waals surface area contributed by atoms with E-state index in [1.54, 1.807) is 0 Å². The zero-order valence-electron chi connectivity index (χ0n) is 15.6. The topological polar surface area (TPSA) is 66.4 Å². The number of aromatic nitrogens is 1. The zero-order chi connectivity index (χ0) is 18.8. The fourth-order valence-corrected chi connectivity index (χ4v) is 3.74. The summed E-state index contributed by atoms with van der Waals surface area (Å²) in [5, 5.41) is 6.01. The second kappa shape index (κ2) is 7.47. The van der Waals surface area contributed by atoms with Gasteiger partial charge in [-0.15, -0.1) is 0 Å². The van der Waals surface area contributed by atoms with E-state index in [0.29, 0.717) is 18.2 Å². The molecule has 2 fully saturated rings. The van der Waals surface area contributed by atoms with Crippen molar-refractivity contribution in [3.8, 4) is 0 Å². The normalized spacial score (nSPS) is 19.1. The lowest BCUT2D eigenvalue weighted by Gasteiger charge is -2.25. The Morgan fingerprint density at radius 2 is 2.00 bits per heavy atom. The zero-order valence-corrected chi connectivity index (χ0v) is 15.6. The van der Waals surface area contributed by atoms with Crippen molar-refractivity contribution in [1.82, 2.24) is 20.1 Å². The van der Waals surface area contributed by atoms with Crippen LogP contribution in [0.1, 0.15) is 53.3 Å². The summed E-state index contributed by atoms with van der Waals surface area (Å²) in [7, 11) is 2.02. The Bertz CT molecular complexity index is 840. The van der Waals surface area contributed by atoms with Crippen molar-refractivity contribution in [2.45, 2.75) is 44.3 Å². The first-order chi connectivity index (χ1) is 13.1. The number of likely N-dealkylation sites (tertiary alicyclic amines) is 1. The minimum atomic E-state index is -0.0495. The van der Waals surface area contributed by atoms with E-state index < -0.39 is 0 Å². The number of hydrogen-bond acceptors (Lipinski definition) is 2. The first-order valence-corrected chi connectivity index (χ1v) is 9.67. The summed E-state index contributed by atoms with van der Waals surface area (Å²) in [6.45, 7) is 1.19. The smallest absolute Gasteiger partial charge is 0.318 e. The largest absolute Gasteiger partial charge is 0.353 e. The van der Waals surface area contributed by atoms with Crippen molar-refractivity contribution in [3.63, 3.8) is 0 Å². The molecule has 1 aromatic carbocycles. The third-order valence-electron chi connectivity index (χ3n) is 5.38. The second-order valence-corrected chi connectivity index (χ2v) is 7.50. The van der Waals surface area contributed by atoms with Gasteiger partial charge < -0.3 is 20.1 Å². The van der Waals surface area contributed by atoms with Crippen molar-refractivity contribution in [1.29, 1.82) is 0 Å². The van der Waals surface area contributed by atoms with Crippen LogP contribution in [0.3, 0.4) is 0 Å². The van der Waals surface area contributed by atoms with Crippen molar-refractivity contribution in [2.75, 3.05) is 6.54 Å². The van der Waals surface area contributed by atoms with E-state index >= 15 is 0 Å². The Hall–Kier alpha value is -2.76. The van der Waals surface area contributed by atoms with Gasteiger partial charge in [0.1, 0.15) is 0 Å². The molecule has 6 nitrogen and oxygen atoms in total. The number of aryl methyl sites for hydroxylation is 1. The standard InChI is InChI=1S/C21H26N4O2/c1-24-11-3-7-18(24)19-8-4-12-25(19)21(27)22-14-15-5-2-6-16(13-15)20(26)23-17-9-10-17/h2-3,5-7,11,13,17,19H,4,8-10,12,14H2,1H3,(H,22,27)(H,23,26). The van der Waals surface area contributed by atoms with Crippen LogP contribution in [0.25, 0.3) is 0 Å². The van der Waals surface area contributed by atoms with E-state index in [0.717, 1.165) is 37.8 Å². The minimum absolute atomic E-state index is 0.0333. The third-order valence-corrected chi connectivity index (χ3v) is 5.38. The van der Waals surface area contributed by atoms with E-state index in [4.69, 9.17) is 0 Å². The lowest BCUT2D eigenvalue weighted by molar-refractivity contribution is 0.0951. The molecule has 0 radical (unpaired) electrons. The molecule has 142 valence electrons. The maximum absolute atomic E-state index is 12.7. The molecule has 27 heavy (non-hydrogen) atoms. The van der Waals surface area contributed by atoms with Gasteiger partial charge in [-0.3, -0.25) is 4.79 Å². The Morgan fingerprint density at radius 1 is 1.15 bits per heavy atom. The molecule has 4 rings (SSSR count). The number of carbonyl (C=O) groups excluding carboxylic acids is 2. The first kappa shape index (κ1) is 17.6. The molecule has 6 heteroatoms. The van der Waals surface area contributed by atoms with E-state index in [-0.39, 0.29) is 18.0 Å². The van der Waals surface area contributed by atoms with Gasteiger partial charge in [0.15, 0.2) is 0 Å². The molecule has 3 amide bonds. The quantitative estimate of drug-likeness (QED) is 0.854. The Morgan fingerprint density at radius 3 is 2.74 bits per heavy atom. The molecule has 0 bridgehead atoms. The summed E-state index contributed by atoms with van der Waals surface area (Å²) in [5.74, 6) is -0.0333. The van der Waals surface area contributed by atoms with E-state index in [1.807, 2.05) is 48.5 Å². The van der Waals surface area contributed by atoms with Crippen molar-refractivity contribution in [3.05, 3.63) is 59.4 Å². The van der Waals surface area contributed by atoms with Crippen molar-refractivity contribution < 1.29 is 9.59 Å². The fraction of sp³-hybridized carbons (Fsp3) is 0.429. The molecule has 1 atom stereocenters. The molecule has 2 N–H and O–H groups in total. The van der Waals surface area contributed by atoms with Crippen molar-refractivity contribution in [2.24, 2.45) is 7.05 Å². The Balaban J connectivity index is 1.37. The predicted octanol–water partition coefficient (Wildman–Crippen LogP) is 2.96. The molecular formula is C21H26N4O2. The molecule has 1 aliphatic carbocycles. The van der Waals surface area contributed by atoms with E-state index in [2.05, 4.69) is 21.3 Å². The third kappa shape index (κ3) is 3.99. The molecule has 1 saturated carbocycles. The highest BCUT2D eigenvalue weighted by molar-refractivity contribution is 5.94. The molecular weight excluding hydrogens is 340 g/mol. The van der Waals surface area contributed by atoms with Crippen LogP contribution in [0.2, 0.25) is 0 Å². The molecule has 2 aliphatic rings. The van der Waals surface area contributed by atoms with Gasteiger partial charge >= 0.3 is 6.03 Å². The number of amides is 3. The SMILES string of the molecule is Cn1cccc1C1CCCN1C(=O)NCc1cccc(C(=O)NC2CC2)c1. The van der Waals surface area contributed by atoms with E-state index in [1.165, 1.54) is 5.69 Å². The minimum Gasteiger partial charge on any atom is -0.353 e. The van der Waals surface area contributed by atoms with Crippen molar-refractivity contribution >= 4 is 11.9 Å². The molecule has 1 saturated heterocycles. The molecule has 1 aliphatic heterocycles. The summed E-state index contributed by atoms with van der Waals surface area (Å²) < 4.78 is 2.08. The van der Waals surface area contributed by atoms with Gasteiger partial charge in [-0.1, -0.05) is 12.1 Å². The summed E-state index contributed by atoms with van der Waals surface area (Å²) >= 11 is 0. The highest BCUT2D eigenvalue weighted by Crippen LogP contribution is 2.31. The monoisotopic (exact) mass is 366 g/mol. The van der Waals surface area contributed by atoms with Gasteiger partial charge in [0.05, 0.1) is 6.04 Å². The number of benzene rings is 1. The number of urea groups is 1. The Kier molecular flexibility index (Phi) is 4.88. The summed E-state index contributed by atoms with van der Waals surface area (Å²) in [4.78, 5) is 26.8. The number of nitrogens with one attached hydrogen (secondary N) is 2. The molecule has 2 heterocycles. The van der Waals surface area contributed by atoms with Crippen LogP contribution in [0.4, 0.5) is 4.79 Å². The molecule has 0 spiro atoms. The number of hydrogen-bond donors (Lipinski definition) is 2.